The predicted molar refractivity (Wildman–Crippen MR) is 127 cm³/mol. The second-order valence-electron chi connectivity index (χ2n) is 8.31. The average molecular weight is 493 g/mol. The molecule has 1 amide bonds. The molecule has 0 N–H and O–H groups in total. The zero-order valence-corrected chi connectivity index (χ0v) is 20.9. The van der Waals surface area contributed by atoms with Crippen LogP contribution in [0.25, 0.3) is 11.1 Å². The van der Waals surface area contributed by atoms with E-state index in [1.807, 2.05) is 6.92 Å². The minimum absolute atomic E-state index is 0.170. The zero-order valence-electron chi connectivity index (χ0n) is 18.5. The first kappa shape index (κ1) is 24.2. The summed E-state index contributed by atoms with van der Waals surface area (Å²) in [5, 5.41) is 0.213. The van der Waals surface area contributed by atoms with Crippen LogP contribution in [-0.4, -0.2) is 37.0 Å². The van der Waals surface area contributed by atoms with E-state index in [1.165, 1.54) is 4.90 Å². The van der Waals surface area contributed by atoms with Gasteiger partial charge in [0.2, 0.25) is 9.84 Å². The van der Waals surface area contributed by atoms with E-state index in [0.717, 1.165) is 21.8 Å². The van der Waals surface area contributed by atoms with Gasteiger partial charge < -0.3 is 9.64 Å². The number of carbonyl (C=O) groups is 1. The molecule has 2 heterocycles. The van der Waals surface area contributed by atoms with Crippen molar-refractivity contribution in [3.63, 3.8) is 0 Å². The van der Waals surface area contributed by atoms with Gasteiger partial charge in [0.1, 0.15) is 15.0 Å². The molecule has 0 fully saturated rings. The van der Waals surface area contributed by atoms with Crippen molar-refractivity contribution in [2.75, 3.05) is 7.05 Å². The fraction of sp³-hybridized carbons (Fsp3) is 0.304. The summed E-state index contributed by atoms with van der Waals surface area (Å²) in [6.45, 7) is 7.41. The molecule has 170 valence electrons. The molecule has 0 atom stereocenters. The standard InChI is InChI=1S/C23H25ClN2O4S2/c1-15-18(14-26(5)22(27)30-23(2,3)4)31-21(19(15)17-12-9-13-25-20(17)24)32(28,29)16-10-7-6-8-11-16/h6-13H,14H2,1-5H3. The van der Waals surface area contributed by atoms with Crippen molar-refractivity contribution < 1.29 is 17.9 Å². The molecule has 0 aliphatic heterocycles. The summed E-state index contributed by atoms with van der Waals surface area (Å²) in [7, 11) is -2.20. The lowest BCUT2D eigenvalue weighted by Crippen LogP contribution is -2.33. The number of rotatable bonds is 5. The van der Waals surface area contributed by atoms with E-state index in [4.69, 9.17) is 16.3 Å². The molecule has 0 saturated heterocycles. The molecule has 0 aliphatic carbocycles. The first-order valence-corrected chi connectivity index (χ1v) is 12.6. The van der Waals surface area contributed by atoms with Crippen molar-refractivity contribution in [3.05, 3.63) is 64.3 Å². The zero-order chi connectivity index (χ0) is 23.7. The maximum absolute atomic E-state index is 13.6. The molecule has 6 nitrogen and oxygen atoms in total. The van der Waals surface area contributed by atoms with E-state index >= 15 is 0 Å². The van der Waals surface area contributed by atoms with Crippen LogP contribution in [0.3, 0.4) is 0 Å². The fourth-order valence-electron chi connectivity index (χ4n) is 3.08. The van der Waals surface area contributed by atoms with Crippen LogP contribution < -0.4 is 0 Å². The van der Waals surface area contributed by atoms with Crippen molar-refractivity contribution in [1.29, 1.82) is 0 Å². The minimum Gasteiger partial charge on any atom is -0.444 e. The lowest BCUT2D eigenvalue weighted by molar-refractivity contribution is 0.0286. The van der Waals surface area contributed by atoms with Gasteiger partial charge >= 0.3 is 6.09 Å². The van der Waals surface area contributed by atoms with E-state index < -0.39 is 21.5 Å². The molecular weight excluding hydrogens is 468 g/mol. The first-order valence-electron chi connectivity index (χ1n) is 9.89. The summed E-state index contributed by atoms with van der Waals surface area (Å²) >= 11 is 7.48. The van der Waals surface area contributed by atoms with Crippen LogP contribution in [0.4, 0.5) is 4.79 Å². The first-order chi connectivity index (χ1) is 14.9. The summed E-state index contributed by atoms with van der Waals surface area (Å²) in [6.07, 6.45) is 1.06. The summed E-state index contributed by atoms with van der Waals surface area (Å²) < 4.78 is 32.7. The number of hydrogen-bond acceptors (Lipinski definition) is 6. The van der Waals surface area contributed by atoms with Gasteiger partial charge in [-0.25, -0.2) is 18.2 Å². The molecule has 0 unspecified atom stereocenters. The topological polar surface area (TPSA) is 76.6 Å². The van der Waals surface area contributed by atoms with Gasteiger partial charge in [-0.1, -0.05) is 29.8 Å². The molecule has 32 heavy (non-hydrogen) atoms. The Bertz CT molecular complexity index is 1230. The quantitative estimate of drug-likeness (QED) is 0.410. The van der Waals surface area contributed by atoms with Crippen molar-refractivity contribution in [2.45, 2.75) is 48.9 Å². The number of amides is 1. The van der Waals surface area contributed by atoms with Crippen molar-refractivity contribution in [3.8, 4) is 11.1 Å². The fourth-order valence-corrected chi connectivity index (χ4v) is 6.69. The monoisotopic (exact) mass is 492 g/mol. The normalized spacial score (nSPS) is 11.9. The van der Waals surface area contributed by atoms with Crippen LogP contribution in [-0.2, 0) is 21.1 Å². The lowest BCUT2D eigenvalue weighted by atomic mass is 10.1. The van der Waals surface area contributed by atoms with Crippen LogP contribution in [0.2, 0.25) is 5.15 Å². The second kappa shape index (κ2) is 9.21. The number of halogens is 1. The predicted octanol–water partition coefficient (Wildman–Crippen LogP) is 5.97. The molecule has 1 aromatic carbocycles. The molecule has 0 radical (unpaired) electrons. The molecule has 0 saturated carbocycles. The highest BCUT2D eigenvalue weighted by Crippen LogP contribution is 2.43. The van der Waals surface area contributed by atoms with E-state index in [-0.39, 0.29) is 20.8 Å². The number of sulfone groups is 1. The number of ether oxygens (including phenoxy) is 1. The summed E-state index contributed by atoms with van der Waals surface area (Å²) in [6, 6.07) is 11.7. The van der Waals surface area contributed by atoms with Gasteiger partial charge in [-0.05, 0) is 57.5 Å². The van der Waals surface area contributed by atoms with Crippen molar-refractivity contribution >= 4 is 38.9 Å². The molecular formula is C23H25ClN2O4S2. The van der Waals surface area contributed by atoms with Crippen LogP contribution in [0, 0.1) is 6.92 Å². The van der Waals surface area contributed by atoms with Crippen LogP contribution in [0.1, 0.15) is 31.2 Å². The number of carbonyl (C=O) groups excluding carboxylic acids is 1. The second-order valence-corrected chi connectivity index (χ2v) is 11.9. The lowest BCUT2D eigenvalue weighted by Gasteiger charge is -2.24. The van der Waals surface area contributed by atoms with Crippen LogP contribution in [0.5, 0.6) is 0 Å². The van der Waals surface area contributed by atoms with Gasteiger partial charge in [0, 0.05) is 29.2 Å². The Morgan fingerprint density at radius 1 is 1.16 bits per heavy atom. The van der Waals surface area contributed by atoms with Crippen molar-refractivity contribution in [1.82, 2.24) is 9.88 Å². The number of aromatic nitrogens is 1. The summed E-state index contributed by atoms with van der Waals surface area (Å²) in [4.78, 5) is 18.9. The van der Waals surface area contributed by atoms with Crippen LogP contribution in [0.15, 0.2) is 57.8 Å². The Morgan fingerprint density at radius 3 is 2.41 bits per heavy atom. The SMILES string of the molecule is Cc1c(CN(C)C(=O)OC(C)(C)C)sc(S(=O)(=O)c2ccccc2)c1-c1cccnc1Cl. The molecule has 0 spiro atoms. The number of thiophene rings is 1. The van der Waals surface area contributed by atoms with E-state index in [2.05, 4.69) is 4.98 Å². The third-order valence-corrected chi connectivity index (χ3v) is 8.49. The molecule has 3 aromatic rings. The van der Waals surface area contributed by atoms with E-state index in [0.29, 0.717) is 11.1 Å². The minimum atomic E-state index is -3.82. The third-order valence-electron chi connectivity index (χ3n) is 4.63. The summed E-state index contributed by atoms with van der Waals surface area (Å²) in [5.74, 6) is 0. The Kier molecular flexibility index (Phi) is 6.97. The maximum Gasteiger partial charge on any atom is 0.410 e. The van der Waals surface area contributed by atoms with Gasteiger partial charge in [0.25, 0.3) is 0 Å². The number of hydrogen-bond donors (Lipinski definition) is 0. The smallest absolute Gasteiger partial charge is 0.410 e. The van der Waals surface area contributed by atoms with Crippen molar-refractivity contribution in [2.24, 2.45) is 0 Å². The number of pyridine rings is 1. The van der Waals surface area contributed by atoms with Gasteiger partial charge in [-0.15, -0.1) is 11.3 Å². The van der Waals surface area contributed by atoms with Gasteiger partial charge in [-0.3, -0.25) is 0 Å². The van der Waals surface area contributed by atoms with Gasteiger partial charge in [0.15, 0.2) is 0 Å². The van der Waals surface area contributed by atoms with E-state index in [1.54, 1.807) is 76.5 Å². The van der Waals surface area contributed by atoms with Gasteiger partial charge in [0.05, 0.1) is 11.4 Å². The van der Waals surface area contributed by atoms with Gasteiger partial charge in [-0.2, -0.15) is 0 Å². The average Bonchev–Trinajstić information content (AvgIpc) is 3.04. The largest absolute Gasteiger partial charge is 0.444 e. The van der Waals surface area contributed by atoms with E-state index in [9.17, 15) is 13.2 Å². The Labute approximate surface area is 197 Å². The highest BCUT2D eigenvalue weighted by atomic mass is 35.5. The maximum atomic E-state index is 13.6. The Balaban J connectivity index is 2.13. The molecule has 0 bridgehead atoms. The number of benzene rings is 1. The number of nitrogens with zero attached hydrogens (tertiary/aromatic N) is 2. The molecule has 0 aliphatic rings. The molecule has 2 aromatic heterocycles. The third kappa shape index (κ3) is 5.14. The molecule has 9 heteroatoms. The molecule has 3 rings (SSSR count). The Hall–Kier alpha value is -2.42. The highest BCUT2D eigenvalue weighted by Gasteiger charge is 2.30. The summed E-state index contributed by atoms with van der Waals surface area (Å²) in [5.41, 5.74) is 1.13. The highest BCUT2D eigenvalue weighted by molar-refractivity contribution is 7.93. The Morgan fingerprint density at radius 2 is 1.81 bits per heavy atom. The van der Waals surface area contributed by atoms with Crippen LogP contribution >= 0.6 is 22.9 Å².